The molecule has 0 aromatic carbocycles. The Hall–Kier alpha value is -0.790. The van der Waals surface area contributed by atoms with Gasteiger partial charge < -0.3 is 4.90 Å². The van der Waals surface area contributed by atoms with E-state index in [0.29, 0.717) is 0 Å². The molecule has 0 spiro atoms. The first-order chi connectivity index (χ1) is 6.24. The number of hydrogen-bond donors (Lipinski definition) is 0. The topological polar surface area (TPSA) is 20.3 Å². The van der Waals surface area contributed by atoms with E-state index in [4.69, 9.17) is 0 Å². The lowest BCUT2D eigenvalue weighted by Gasteiger charge is -2.27. The summed E-state index contributed by atoms with van der Waals surface area (Å²) in [6.07, 6.45) is 4.30. The van der Waals surface area contributed by atoms with Crippen LogP contribution in [-0.2, 0) is 4.79 Å². The Labute approximate surface area is 81.6 Å². The standard InChI is InChI=1S/C9H15NO.C2H6/c1-3-9-4-6-10(7-5-9)8(2)11;1-2/h3H,4-7H2,1-2H3;1-2H3. The Morgan fingerprint density at radius 2 is 1.77 bits per heavy atom. The monoisotopic (exact) mass is 183 g/mol. The first-order valence-electron chi connectivity index (χ1n) is 5.13. The van der Waals surface area contributed by atoms with Crippen LogP contribution in [0.3, 0.4) is 0 Å². The van der Waals surface area contributed by atoms with Crippen molar-refractivity contribution in [1.82, 2.24) is 4.90 Å². The van der Waals surface area contributed by atoms with Crippen LogP contribution in [-0.4, -0.2) is 23.9 Å². The van der Waals surface area contributed by atoms with Gasteiger partial charge in [0.1, 0.15) is 0 Å². The van der Waals surface area contributed by atoms with E-state index in [1.54, 1.807) is 6.92 Å². The molecular weight excluding hydrogens is 162 g/mol. The number of hydrogen-bond acceptors (Lipinski definition) is 1. The van der Waals surface area contributed by atoms with Gasteiger partial charge in [0.25, 0.3) is 0 Å². The van der Waals surface area contributed by atoms with Crippen molar-refractivity contribution in [3.8, 4) is 0 Å². The second kappa shape index (κ2) is 6.70. The maximum absolute atomic E-state index is 10.9. The number of nitrogens with zero attached hydrogens (tertiary/aromatic N) is 1. The van der Waals surface area contributed by atoms with Crippen LogP contribution < -0.4 is 0 Å². The minimum atomic E-state index is 0.208. The zero-order chi connectivity index (χ0) is 10.3. The Bertz CT molecular complexity index is 175. The van der Waals surface area contributed by atoms with Crippen molar-refractivity contribution in [2.75, 3.05) is 13.1 Å². The number of rotatable bonds is 0. The highest BCUT2D eigenvalue weighted by Crippen LogP contribution is 2.15. The molecule has 1 amide bonds. The van der Waals surface area contributed by atoms with Crippen molar-refractivity contribution in [2.45, 2.75) is 40.5 Å². The summed E-state index contributed by atoms with van der Waals surface area (Å²) in [4.78, 5) is 12.8. The Kier molecular flexibility index (Phi) is 6.29. The summed E-state index contributed by atoms with van der Waals surface area (Å²) in [5.74, 6) is 0.208. The third-order valence-electron chi connectivity index (χ3n) is 2.26. The lowest BCUT2D eigenvalue weighted by atomic mass is 10.0. The normalized spacial score (nSPS) is 16.0. The molecule has 1 aliphatic heterocycles. The molecule has 0 unspecified atom stereocenters. The minimum Gasteiger partial charge on any atom is -0.342 e. The molecule has 2 heteroatoms. The van der Waals surface area contributed by atoms with Gasteiger partial charge in [-0.15, -0.1) is 0 Å². The third-order valence-corrected chi connectivity index (χ3v) is 2.26. The van der Waals surface area contributed by atoms with E-state index in [1.807, 2.05) is 18.7 Å². The van der Waals surface area contributed by atoms with Gasteiger partial charge in [0, 0.05) is 20.0 Å². The number of likely N-dealkylation sites (tertiary alicyclic amines) is 1. The SMILES string of the molecule is CC.CC=C1CCN(C(C)=O)CC1. The van der Waals surface area contributed by atoms with Gasteiger partial charge in [-0.1, -0.05) is 25.5 Å². The van der Waals surface area contributed by atoms with Crippen molar-refractivity contribution >= 4 is 5.91 Å². The summed E-state index contributed by atoms with van der Waals surface area (Å²) in [6, 6.07) is 0. The predicted molar refractivity (Wildman–Crippen MR) is 56.6 cm³/mol. The molecule has 0 aliphatic carbocycles. The van der Waals surface area contributed by atoms with Crippen LogP contribution in [0.25, 0.3) is 0 Å². The number of amides is 1. The average Bonchev–Trinajstić information content (AvgIpc) is 2.21. The molecule has 2 nitrogen and oxygen atoms in total. The molecule has 1 rings (SSSR count). The molecule has 0 saturated carbocycles. The highest BCUT2D eigenvalue weighted by Gasteiger charge is 2.14. The molecule has 0 N–H and O–H groups in total. The lowest BCUT2D eigenvalue weighted by molar-refractivity contribution is -0.129. The summed E-state index contributed by atoms with van der Waals surface area (Å²) >= 11 is 0. The number of carbonyl (C=O) groups is 1. The number of piperidine rings is 1. The zero-order valence-corrected chi connectivity index (χ0v) is 9.26. The van der Waals surface area contributed by atoms with E-state index in [-0.39, 0.29) is 5.91 Å². The third kappa shape index (κ3) is 4.11. The molecule has 0 radical (unpaired) electrons. The molecule has 0 aromatic heterocycles. The molecule has 76 valence electrons. The quantitative estimate of drug-likeness (QED) is 0.529. The van der Waals surface area contributed by atoms with Gasteiger partial charge in [0.05, 0.1) is 0 Å². The van der Waals surface area contributed by atoms with Crippen LogP contribution in [0.4, 0.5) is 0 Å². The van der Waals surface area contributed by atoms with Crippen molar-refractivity contribution in [2.24, 2.45) is 0 Å². The van der Waals surface area contributed by atoms with E-state index >= 15 is 0 Å². The van der Waals surface area contributed by atoms with Crippen LogP contribution in [0.1, 0.15) is 40.5 Å². The van der Waals surface area contributed by atoms with E-state index < -0.39 is 0 Å². The van der Waals surface area contributed by atoms with Gasteiger partial charge in [-0.2, -0.15) is 0 Å². The van der Waals surface area contributed by atoms with E-state index in [0.717, 1.165) is 25.9 Å². The summed E-state index contributed by atoms with van der Waals surface area (Å²) < 4.78 is 0. The maximum atomic E-state index is 10.9. The predicted octanol–water partition coefficient (Wildman–Crippen LogP) is 2.60. The summed E-state index contributed by atoms with van der Waals surface area (Å²) in [7, 11) is 0. The molecule has 13 heavy (non-hydrogen) atoms. The molecule has 1 saturated heterocycles. The zero-order valence-electron chi connectivity index (χ0n) is 9.26. The first-order valence-corrected chi connectivity index (χ1v) is 5.13. The van der Waals surface area contributed by atoms with Gasteiger partial charge in [0.15, 0.2) is 0 Å². The minimum absolute atomic E-state index is 0.208. The summed E-state index contributed by atoms with van der Waals surface area (Å²) in [6.45, 7) is 9.53. The van der Waals surface area contributed by atoms with Gasteiger partial charge in [-0.3, -0.25) is 4.79 Å². The maximum Gasteiger partial charge on any atom is 0.219 e. The molecule has 0 bridgehead atoms. The van der Waals surface area contributed by atoms with E-state index in [9.17, 15) is 4.79 Å². The highest BCUT2D eigenvalue weighted by atomic mass is 16.2. The van der Waals surface area contributed by atoms with Crippen molar-refractivity contribution in [3.63, 3.8) is 0 Å². The Morgan fingerprint density at radius 1 is 1.31 bits per heavy atom. The van der Waals surface area contributed by atoms with Gasteiger partial charge in [-0.25, -0.2) is 0 Å². The molecule has 1 fully saturated rings. The average molecular weight is 183 g/mol. The smallest absolute Gasteiger partial charge is 0.219 e. The van der Waals surface area contributed by atoms with Crippen LogP contribution in [0.15, 0.2) is 11.6 Å². The second-order valence-corrected chi connectivity index (χ2v) is 2.95. The molecule has 1 heterocycles. The van der Waals surface area contributed by atoms with Gasteiger partial charge >= 0.3 is 0 Å². The number of carbonyl (C=O) groups excluding carboxylic acids is 1. The fraction of sp³-hybridized carbons (Fsp3) is 0.727. The fourth-order valence-electron chi connectivity index (χ4n) is 1.40. The van der Waals surface area contributed by atoms with Crippen LogP contribution in [0, 0.1) is 0 Å². The molecule has 1 aliphatic rings. The van der Waals surface area contributed by atoms with Gasteiger partial charge in [-0.05, 0) is 19.8 Å². The van der Waals surface area contributed by atoms with E-state index in [1.165, 1.54) is 5.57 Å². The van der Waals surface area contributed by atoms with Crippen molar-refractivity contribution in [3.05, 3.63) is 11.6 Å². The van der Waals surface area contributed by atoms with Crippen LogP contribution in [0.5, 0.6) is 0 Å². The molecular formula is C11H21NO. The highest BCUT2D eigenvalue weighted by molar-refractivity contribution is 5.73. The van der Waals surface area contributed by atoms with Crippen molar-refractivity contribution in [1.29, 1.82) is 0 Å². The summed E-state index contributed by atoms with van der Waals surface area (Å²) in [5.41, 5.74) is 1.49. The second-order valence-electron chi connectivity index (χ2n) is 2.95. The Morgan fingerprint density at radius 3 is 2.08 bits per heavy atom. The lowest BCUT2D eigenvalue weighted by Crippen LogP contribution is -2.34. The molecule has 0 aromatic rings. The van der Waals surface area contributed by atoms with Crippen LogP contribution >= 0.6 is 0 Å². The van der Waals surface area contributed by atoms with E-state index in [2.05, 4.69) is 13.0 Å². The summed E-state index contributed by atoms with van der Waals surface area (Å²) in [5, 5.41) is 0. The van der Waals surface area contributed by atoms with Gasteiger partial charge in [0.2, 0.25) is 5.91 Å². The number of allylic oxidation sites excluding steroid dienone is 1. The largest absolute Gasteiger partial charge is 0.342 e. The van der Waals surface area contributed by atoms with Crippen molar-refractivity contribution < 1.29 is 4.79 Å². The molecule has 0 atom stereocenters. The van der Waals surface area contributed by atoms with Crippen LogP contribution in [0.2, 0.25) is 0 Å². The first kappa shape index (κ1) is 12.2. The Balaban J connectivity index is 0.000000671. The fourth-order valence-corrected chi connectivity index (χ4v) is 1.40.